The van der Waals surface area contributed by atoms with Gasteiger partial charge in [-0.05, 0) is 18.1 Å². The van der Waals surface area contributed by atoms with E-state index < -0.39 is 0 Å². The van der Waals surface area contributed by atoms with Crippen LogP contribution in [0.4, 0.5) is 0 Å². The van der Waals surface area contributed by atoms with Crippen molar-refractivity contribution in [3.8, 4) is 0 Å². The minimum absolute atomic E-state index is 0.786. The summed E-state index contributed by atoms with van der Waals surface area (Å²) < 4.78 is 5.03. The number of aromatic nitrogens is 1. The summed E-state index contributed by atoms with van der Waals surface area (Å²) in [4.78, 5) is 4.00. The van der Waals surface area contributed by atoms with Gasteiger partial charge in [0.1, 0.15) is 5.52 Å². The quantitative estimate of drug-likeness (QED) is 0.627. The number of para-hydroxylation sites is 1. The fourth-order valence-corrected chi connectivity index (χ4v) is 1.21. The van der Waals surface area contributed by atoms with Gasteiger partial charge in [-0.1, -0.05) is 18.2 Å². The molecule has 0 fully saturated rings. The van der Waals surface area contributed by atoms with Crippen molar-refractivity contribution in [2.75, 3.05) is 0 Å². The number of rotatable bonds is 2. The first-order valence-electron chi connectivity index (χ1n) is 3.77. The van der Waals surface area contributed by atoms with Gasteiger partial charge < -0.3 is 4.42 Å². The summed E-state index contributed by atoms with van der Waals surface area (Å²) in [7, 11) is 0. The zero-order valence-corrected chi connectivity index (χ0v) is 6.58. The van der Waals surface area contributed by atoms with Gasteiger partial charge in [-0.25, -0.2) is 4.98 Å². The fourth-order valence-electron chi connectivity index (χ4n) is 1.21. The van der Waals surface area contributed by atoms with E-state index in [1.54, 1.807) is 0 Å². The van der Waals surface area contributed by atoms with Gasteiger partial charge in [0.25, 0.3) is 6.39 Å². The van der Waals surface area contributed by atoms with Crippen LogP contribution in [-0.4, -0.2) is 4.98 Å². The molecule has 12 heavy (non-hydrogen) atoms. The van der Waals surface area contributed by atoms with Gasteiger partial charge in [-0.15, -0.1) is 6.58 Å². The van der Waals surface area contributed by atoms with Gasteiger partial charge in [0.05, 0.1) is 0 Å². The second-order valence-electron chi connectivity index (χ2n) is 2.56. The molecule has 0 spiro atoms. The molecule has 0 aliphatic rings. The Bertz CT molecular complexity index is 403. The second-order valence-corrected chi connectivity index (χ2v) is 2.56. The molecule has 2 rings (SSSR count). The van der Waals surface area contributed by atoms with Crippen LogP contribution in [0.3, 0.4) is 0 Å². The Morgan fingerprint density at radius 2 is 2.50 bits per heavy atom. The van der Waals surface area contributed by atoms with E-state index in [0.29, 0.717) is 0 Å². The molecule has 0 aliphatic heterocycles. The summed E-state index contributed by atoms with van der Waals surface area (Å²) in [6.07, 6.45) is 5.15. The van der Waals surface area contributed by atoms with Crippen molar-refractivity contribution in [1.29, 1.82) is 0 Å². The molecule has 2 nitrogen and oxygen atoms in total. The van der Waals surface area contributed by atoms with Crippen LogP contribution in [0.15, 0.2) is 35.3 Å². The fraction of sp³-hybridized carbons (Fsp3) is 0.100. The van der Waals surface area contributed by atoms with Gasteiger partial charge in [-0.2, -0.15) is 0 Å². The largest absolute Gasteiger partial charge is 0.432 e. The Morgan fingerprint density at radius 1 is 1.58 bits per heavy atom. The molecule has 0 atom stereocenters. The van der Waals surface area contributed by atoms with E-state index >= 15 is 0 Å². The summed E-state index contributed by atoms with van der Waals surface area (Å²) in [5.74, 6) is 0. The molecule has 0 N–H and O–H groups in total. The molecule has 1 heterocycles. The van der Waals surface area contributed by atoms with Crippen LogP contribution in [0.5, 0.6) is 0 Å². The Labute approximate surface area is 70.5 Å². The van der Waals surface area contributed by atoms with Crippen molar-refractivity contribution in [3.05, 3.63) is 42.8 Å². The predicted molar refractivity (Wildman–Crippen MR) is 46.7 cm³/mol. The van der Waals surface area contributed by atoms with Crippen molar-refractivity contribution in [2.24, 2.45) is 0 Å². The first kappa shape index (κ1) is 7.10. The van der Waals surface area contributed by atoms with Crippen molar-refractivity contribution in [1.82, 2.24) is 4.98 Å². The van der Waals surface area contributed by atoms with Gasteiger partial charge in [0, 0.05) is 0 Å². The lowest BCUT2D eigenvalue weighted by Crippen LogP contribution is -1.81. The molecule has 1 aromatic carbocycles. The third-order valence-corrected chi connectivity index (χ3v) is 1.76. The van der Waals surface area contributed by atoms with Crippen LogP contribution >= 0.6 is 0 Å². The molecular formula is C10H8NO. The number of hydrogen-bond donors (Lipinski definition) is 0. The molecule has 2 aromatic rings. The lowest BCUT2D eigenvalue weighted by Gasteiger charge is -1.94. The number of oxazole rings is 1. The second kappa shape index (κ2) is 2.81. The van der Waals surface area contributed by atoms with Crippen LogP contribution in [0.1, 0.15) is 5.56 Å². The van der Waals surface area contributed by atoms with E-state index in [2.05, 4.69) is 18.0 Å². The molecule has 0 amide bonds. The van der Waals surface area contributed by atoms with Crippen LogP contribution in [-0.2, 0) is 6.42 Å². The third-order valence-electron chi connectivity index (χ3n) is 1.76. The Balaban J connectivity index is 2.65. The van der Waals surface area contributed by atoms with Gasteiger partial charge in [-0.3, -0.25) is 0 Å². The third kappa shape index (κ3) is 1.01. The average molecular weight is 158 g/mol. The maximum Gasteiger partial charge on any atom is 0.284 e. The topological polar surface area (TPSA) is 26.0 Å². The van der Waals surface area contributed by atoms with Gasteiger partial charge in [0.2, 0.25) is 0 Å². The summed E-state index contributed by atoms with van der Waals surface area (Å²) in [6, 6.07) is 5.84. The first-order valence-corrected chi connectivity index (χ1v) is 3.77. The molecule has 0 aliphatic carbocycles. The predicted octanol–water partition coefficient (Wildman–Crippen LogP) is 2.36. The monoisotopic (exact) mass is 158 g/mol. The van der Waals surface area contributed by atoms with Crippen molar-refractivity contribution >= 4 is 11.1 Å². The van der Waals surface area contributed by atoms with Crippen LogP contribution < -0.4 is 0 Å². The summed E-state index contributed by atoms with van der Waals surface area (Å²) in [6.45, 7) is 3.68. The van der Waals surface area contributed by atoms with Gasteiger partial charge in [0.15, 0.2) is 5.58 Å². The lowest BCUT2D eigenvalue weighted by atomic mass is 10.1. The SMILES string of the molecule is C=CCc1cccc2o[c]nc12. The van der Waals surface area contributed by atoms with E-state index in [9.17, 15) is 0 Å². The number of nitrogens with zero attached hydrogens (tertiary/aromatic N) is 1. The molecule has 0 unspecified atom stereocenters. The highest BCUT2D eigenvalue weighted by Crippen LogP contribution is 2.16. The molecule has 0 saturated heterocycles. The smallest absolute Gasteiger partial charge is 0.284 e. The standard InChI is InChI=1S/C10H8NO/c1-2-4-8-5-3-6-9-10(8)11-7-12-9/h2-3,5-6H,1,4H2. The lowest BCUT2D eigenvalue weighted by molar-refractivity contribution is 0.591. The van der Waals surface area contributed by atoms with Crippen molar-refractivity contribution in [3.63, 3.8) is 0 Å². The van der Waals surface area contributed by atoms with E-state index in [1.807, 2.05) is 24.3 Å². The Hall–Kier alpha value is -1.57. The Kier molecular flexibility index (Phi) is 1.67. The summed E-state index contributed by atoms with van der Waals surface area (Å²) >= 11 is 0. The number of fused-ring (bicyclic) bond motifs is 1. The molecule has 0 saturated carbocycles. The van der Waals surface area contributed by atoms with Gasteiger partial charge >= 0.3 is 0 Å². The zero-order chi connectivity index (χ0) is 8.39. The van der Waals surface area contributed by atoms with E-state index in [4.69, 9.17) is 4.42 Å². The van der Waals surface area contributed by atoms with Crippen molar-refractivity contribution in [2.45, 2.75) is 6.42 Å². The zero-order valence-electron chi connectivity index (χ0n) is 6.58. The molecule has 1 aromatic heterocycles. The normalized spacial score (nSPS) is 10.3. The Morgan fingerprint density at radius 3 is 3.33 bits per heavy atom. The number of hydrogen-bond acceptors (Lipinski definition) is 2. The van der Waals surface area contributed by atoms with E-state index in [1.165, 1.54) is 0 Å². The first-order chi connectivity index (χ1) is 5.92. The molecule has 59 valence electrons. The molecule has 1 radical (unpaired) electrons. The number of benzene rings is 1. The molecule has 0 bridgehead atoms. The van der Waals surface area contributed by atoms with Crippen molar-refractivity contribution < 1.29 is 4.42 Å². The van der Waals surface area contributed by atoms with Crippen LogP contribution in [0, 0.1) is 6.39 Å². The maximum absolute atomic E-state index is 5.03. The maximum atomic E-state index is 5.03. The highest BCUT2D eigenvalue weighted by atomic mass is 16.3. The van der Waals surface area contributed by atoms with Crippen LogP contribution in [0.25, 0.3) is 11.1 Å². The molecule has 2 heteroatoms. The highest BCUT2D eigenvalue weighted by Gasteiger charge is 2.02. The van der Waals surface area contributed by atoms with E-state index in [-0.39, 0.29) is 0 Å². The average Bonchev–Trinajstić information content (AvgIpc) is 2.53. The minimum Gasteiger partial charge on any atom is -0.432 e. The van der Waals surface area contributed by atoms with E-state index in [0.717, 1.165) is 23.1 Å². The number of allylic oxidation sites excluding steroid dienone is 1. The van der Waals surface area contributed by atoms with Crippen LogP contribution in [0.2, 0.25) is 0 Å². The summed E-state index contributed by atoms with van der Waals surface area (Å²) in [5.41, 5.74) is 2.80. The highest BCUT2D eigenvalue weighted by molar-refractivity contribution is 5.76. The molecular weight excluding hydrogens is 150 g/mol. The summed E-state index contributed by atoms with van der Waals surface area (Å²) in [5, 5.41) is 0. The minimum atomic E-state index is 0.786.